The molecule has 0 aliphatic rings. The van der Waals surface area contributed by atoms with Crippen molar-refractivity contribution in [3.8, 4) is 17.2 Å². The number of esters is 1. The third-order valence-corrected chi connectivity index (χ3v) is 4.93. The zero-order chi connectivity index (χ0) is 24.0. The van der Waals surface area contributed by atoms with Crippen LogP contribution in [0.25, 0.3) is 5.69 Å². The first kappa shape index (κ1) is 23.6. The molecule has 9 heteroatoms. The number of hydrogen-bond donors (Lipinski definition) is 1. The Morgan fingerprint density at radius 3 is 2.30 bits per heavy atom. The molecule has 0 aliphatic carbocycles. The molecular formula is C24H27N3O6. The average Bonchev–Trinajstić information content (AvgIpc) is 3.02. The van der Waals surface area contributed by atoms with Gasteiger partial charge >= 0.3 is 5.97 Å². The summed E-state index contributed by atoms with van der Waals surface area (Å²) in [5.74, 6) is -0.381. The number of carbonyl (C=O) groups is 2. The Kier molecular flexibility index (Phi) is 7.55. The van der Waals surface area contributed by atoms with Crippen LogP contribution in [0.1, 0.15) is 29.9 Å². The third kappa shape index (κ3) is 5.25. The van der Waals surface area contributed by atoms with Gasteiger partial charge < -0.3 is 19.5 Å². The fourth-order valence-electron chi connectivity index (χ4n) is 3.28. The first-order valence-corrected chi connectivity index (χ1v) is 10.6. The van der Waals surface area contributed by atoms with E-state index in [9.17, 15) is 14.4 Å². The lowest BCUT2D eigenvalue weighted by molar-refractivity contribution is -0.119. The number of carbonyl (C=O) groups excluding carboxylic acids is 2. The van der Waals surface area contributed by atoms with Gasteiger partial charge in [0.2, 0.25) is 0 Å². The van der Waals surface area contributed by atoms with Gasteiger partial charge in [0, 0.05) is 7.05 Å². The summed E-state index contributed by atoms with van der Waals surface area (Å²) in [4.78, 5) is 37.7. The molecule has 0 saturated carbocycles. The van der Waals surface area contributed by atoms with Gasteiger partial charge in [-0.1, -0.05) is 18.2 Å². The lowest BCUT2D eigenvalue weighted by atomic mass is 10.2. The molecule has 174 valence electrons. The van der Waals surface area contributed by atoms with Crippen LogP contribution in [0, 0.1) is 6.92 Å². The van der Waals surface area contributed by atoms with Crippen molar-refractivity contribution in [3.05, 3.63) is 70.1 Å². The topological polar surface area (TPSA) is 101 Å². The fourth-order valence-corrected chi connectivity index (χ4v) is 3.28. The SMILES string of the molecule is CCOc1ccc(C(=O)OCC(=O)Nc2c(C)n(C)n(-c3ccccc3)c2=O)cc1OCC. The summed E-state index contributed by atoms with van der Waals surface area (Å²) >= 11 is 0. The molecule has 3 rings (SSSR count). The number of amides is 1. The number of anilines is 1. The van der Waals surface area contributed by atoms with Gasteiger partial charge in [0.1, 0.15) is 5.69 Å². The normalized spacial score (nSPS) is 10.5. The number of ether oxygens (including phenoxy) is 3. The van der Waals surface area contributed by atoms with Gasteiger partial charge in [0.05, 0.1) is 30.2 Å². The summed E-state index contributed by atoms with van der Waals surface area (Å²) in [6, 6.07) is 13.7. The third-order valence-electron chi connectivity index (χ3n) is 4.93. The standard InChI is InChI=1S/C24H27N3O6/c1-5-31-19-13-12-17(14-20(19)32-6-2)24(30)33-15-21(28)25-22-16(3)26(4)27(23(22)29)18-10-8-7-9-11-18/h7-14H,5-6,15H2,1-4H3,(H,25,28). The van der Waals surface area contributed by atoms with E-state index in [2.05, 4.69) is 5.32 Å². The highest BCUT2D eigenvalue weighted by molar-refractivity contribution is 5.96. The molecule has 0 unspecified atom stereocenters. The predicted octanol–water partition coefficient (Wildman–Crippen LogP) is 3.08. The summed E-state index contributed by atoms with van der Waals surface area (Å²) in [5.41, 5.74) is 1.20. The first-order chi connectivity index (χ1) is 15.9. The molecule has 1 amide bonds. The largest absolute Gasteiger partial charge is 0.490 e. The number of rotatable bonds is 9. The zero-order valence-electron chi connectivity index (χ0n) is 19.1. The smallest absolute Gasteiger partial charge is 0.338 e. The zero-order valence-corrected chi connectivity index (χ0v) is 19.1. The Balaban J connectivity index is 1.69. The summed E-state index contributed by atoms with van der Waals surface area (Å²) < 4.78 is 19.2. The van der Waals surface area contributed by atoms with E-state index in [1.54, 1.807) is 36.9 Å². The summed E-state index contributed by atoms with van der Waals surface area (Å²) in [7, 11) is 1.72. The molecule has 9 nitrogen and oxygen atoms in total. The number of hydrogen-bond acceptors (Lipinski definition) is 6. The molecule has 1 aromatic heterocycles. The molecule has 1 heterocycles. The second kappa shape index (κ2) is 10.5. The second-order valence-electron chi connectivity index (χ2n) is 7.09. The van der Waals surface area contributed by atoms with Crippen molar-refractivity contribution in [3.63, 3.8) is 0 Å². The molecule has 2 aromatic carbocycles. The van der Waals surface area contributed by atoms with Crippen molar-refractivity contribution in [2.45, 2.75) is 20.8 Å². The molecule has 0 atom stereocenters. The van der Waals surface area contributed by atoms with Gasteiger partial charge in [-0.2, -0.15) is 0 Å². The van der Waals surface area contributed by atoms with E-state index in [0.717, 1.165) is 0 Å². The summed E-state index contributed by atoms with van der Waals surface area (Å²) in [6.45, 7) is 5.70. The fraction of sp³-hybridized carbons (Fsp3) is 0.292. The van der Waals surface area contributed by atoms with Crippen LogP contribution in [0.5, 0.6) is 11.5 Å². The maximum Gasteiger partial charge on any atom is 0.338 e. The number of benzene rings is 2. The maximum absolute atomic E-state index is 12.9. The molecular weight excluding hydrogens is 426 g/mol. The van der Waals surface area contributed by atoms with E-state index in [0.29, 0.717) is 36.1 Å². The van der Waals surface area contributed by atoms with Gasteiger partial charge in [-0.25, -0.2) is 9.48 Å². The van der Waals surface area contributed by atoms with Crippen molar-refractivity contribution in [1.29, 1.82) is 0 Å². The number of nitrogens with one attached hydrogen (secondary N) is 1. The van der Waals surface area contributed by atoms with Gasteiger partial charge in [-0.05, 0) is 51.1 Å². The van der Waals surface area contributed by atoms with Crippen LogP contribution in [0.3, 0.4) is 0 Å². The maximum atomic E-state index is 12.9. The van der Waals surface area contributed by atoms with Crippen LogP contribution in [0.15, 0.2) is 53.3 Å². The van der Waals surface area contributed by atoms with Gasteiger partial charge in [-0.15, -0.1) is 0 Å². The highest BCUT2D eigenvalue weighted by Gasteiger charge is 2.19. The van der Waals surface area contributed by atoms with Crippen LogP contribution in [0.2, 0.25) is 0 Å². The van der Waals surface area contributed by atoms with Crippen LogP contribution >= 0.6 is 0 Å². The number of nitrogens with zero attached hydrogens (tertiary/aromatic N) is 2. The lowest BCUT2D eigenvalue weighted by Crippen LogP contribution is -2.25. The number of aromatic nitrogens is 2. The minimum atomic E-state index is -0.694. The molecule has 1 N–H and O–H groups in total. The molecule has 3 aromatic rings. The predicted molar refractivity (Wildman–Crippen MR) is 123 cm³/mol. The Morgan fingerprint density at radius 2 is 1.64 bits per heavy atom. The van der Waals surface area contributed by atoms with Crippen molar-refractivity contribution in [2.75, 3.05) is 25.1 Å². The minimum absolute atomic E-state index is 0.127. The highest BCUT2D eigenvalue weighted by Crippen LogP contribution is 2.28. The van der Waals surface area contributed by atoms with Crippen LogP contribution in [-0.2, 0) is 16.6 Å². The van der Waals surface area contributed by atoms with Gasteiger partial charge in [0.15, 0.2) is 18.1 Å². The Morgan fingerprint density at radius 1 is 0.970 bits per heavy atom. The van der Waals surface area contributed by atoms with Crippen molar-refractivity contribution in [2.24, 2.45) is 7.05 Å². The van der Waals surface area contributed by atoms with E-state index in [1.807, 2.05) is 32.0 Å². The second-order valence-corrected chi connectivity index (χ2v) is 7.09. The van der Waals surface area contributed by atoms with Crippen molar-refractivity contribution < 1.29 is 23.8 Å². The Bertz CT molecular complexity index is 1200. The molecule has 0 saturated heterocycles. The van der Waals surface area contributed by atoms with E-state index in [-0.39, 0.29) is 16.8 Å². The molecule has 0 bridgehead atoms. The van der Waals surface area contributed by atoms with Crippen LogP contribution in [0.4, 0.5) is 5.69 Å². The quantitative estimate of drug-likeness (QED) is 0.500. The summed E-state index contributed by atoms with van der Waals surface area (Å²) in [6.07, 6.45) is 0. The van der Waals surface area contributed by atoms with Gasteiger partial charge in [0.25, 0.3) is 11.5 Å². The van der Waals surface area contributed by atoms with E-state index in [1.165, 1.54) is 16.8 Å². The molecule has 0 radical (unpaired) electrons. The number of para-hydroxylation sites is 1. The summed E-state index contributed by atoms with van der Waals surface area (Å²) in [5, 5.41) is 2.56. The van der Waals surface area contributed by atoms with E-state index in [4.69, 9.17) is 14.2 Å². The average molecular weight is 453 g/mol. The molecule has 33 heavy (non-hydrogen) atoms. The van der Waals surface area contributed by atoms with E-state index >= 15 is 0 Å². The molecule has 0 spiro atoms. The minimum Gasteiger partial charge on any atom is -0.490 e. The molecule has 0 fully saturated rings. The monoisotopic (exact) mass is 453 g/mol. The van der Waals surface area contributed by atoms with Crippen LogP contribution < -0.4 is 20.3 Å². The van der Waals surface area contributed by atoms with E-state index < -0.39 is 18.5 Å². The molecule has 0 aliphatic heterocycles. The lowest BCUT2D eigenvalue weighted by Gasteiger charge is -2.12. The van der Waals surface area contributed by atoms with Crippen LogP contribution in [-0.4, -0.2) is 41.1 Å². The highest BCUT2D eigenvalue weighted by atomic mass is 16.5. The Hall–Kier alpha value is -4.01. The van der Waals surface area contributed by atoms with Gasteiger partial charge in [-0.3, -0.25) is 14.3 Å². The van der Waals surface area contributed by atoms with Crippen molar-refractivity contribution >= 4 is 17.6 Å². The Labute approximate surface area is 191 Å². The van der Waals surface area contributed by atoms with Crippen molar-refractivity contribution in [1.82, 2.24) is 9.36 Å². The first-order valence-electron chi connectivity index (χ1n) is 10.6.